The molecule has 1 aliphatic carbocycles. The van der Waals surface area contributed by atoms with Crippen molar-refractivity contribution < 1.29 is 4.74 Å². The first-order valence-electron chi connectivity index (χ1n) is 9.35. The van der Waals surface area contributed by atoms with Crippen molar-refractivity contribution in [3.8, 4) is 0 Å². The number of nitrogens with zero attached hydrogens (tertiary/aromatic N) is 3. The summed E-state index contributed by atoms with van der Waals surface area (Å²) in [5, 5.41) is 11.0. The smallest absolute Gasteiger partial charge is 0.191 e. The van der Waals surface area contributed by atoms with Gasteiger partial charge in [-0.2, -0.15) is 5.10 Å². The second kappa shape index (κ2) is 10.3. The highest BCUT2D eigenvalue weighted by Gasteiger charge is 2.33. The number of guanidine groups is 1. The van der Waals surface area contributed by atoms with E-state index < -0.39 is 0 Å². The zero-order valence-electron chi connectivity index (χ0n) is 15.3. The lowest BCUT2D eigenvalue weighted by Gasteiger charge is -2.27. The molecule has 6 nitrogen and oxygen atoms in total. The van der Waals surface area contributed by atoms with Gasteiger partial charge in [-0.05, 0) is 44.6 Å². The average Bonchev–Trinajstić information content (AvgIpc) is 3.25. The summed E-state index contributed by atoms with van der Waals surface area (Å²) in [4.78, 5) is 4.87. The number of hydrogen-bond acceptors (Lipinski definition) is 3. The van der Waals surface area contributed by atoms with Gasteiger partial charge in [0.25, 0.3) is 0 Å². The first-order valence-corrected chi connectivity index (χ1v) is 9.35. The molecular formula is C18H33N5O. The lowest BCUT2D eigenvalue weighted by atomic mass is 9.83. The predicted molar refractivity (Wildman–Crippen MR) is 98.2 cm³/mol. The minimum atomic E-state index is 0.333. The third kappa shape index (κ3) is 6.15. The van der Waals surface area contributed by atoms with Crippen molar-refractivity contribution in [3.63, 3.8) is 0 Å². The van der Waals surface area contributed by atoms with Gasteiger partial charge in [0, 0.05) is 45.2 Å². The van der Waals surface area contributed by atoms with E-state index in [-0.39, 0.29) is 0 Å². The second-order valence-electron chi connectivity index (χ2n) is 6.55. The summed E-state index contributed by atoms with van der Waals surface area (Å²) in [5.41, 5.74) is 0.333. The van der Waals surface area contributed by atoms with Gasteiger partial charge < -0.3 is 15.4 Å². The van der Waals surface area contributed by atoms with Crippen LogP contribution < -0.4 is 10.6 Å². The van der Waals surface area contributed by atoms with Crippen molar-refractivity contribution in [1.82, 2.24) is 20.4 Å². The molecule has 0 saturated heterocycles. The van der Waals surface area contributed by atoms with Crippen LogP contribution in [0.5, 0.6) is 0 Å². The summed E-state index contributed by atoms with van der Waals surface area (Å²) in [5.74, 6) is 0.910. The monoisotopic (exact) mass is 335 g/mol. The quantitative estimate of drug-likeness (QED) is 0.392. The Morgan fingerprint density at radius 2 is 2.12 bits per heavy atom. The van der Waals surface area contributed by atoms with Crippen molar-refractivity contribution in [2.24, 2.45) is 10.4 Å². The van der Waals surface area contributed by atoms with Gasteiger partial charge in [0.1, 0.15) is 0 Å². The maximum atomic E-state index is 5.59. The molecule has 1 aromatic heterocycles. The molecule has 0 aromatic carbocycles. The molecule has 1 saturated carbocycles. The third-order valence-corrected chi connectivity index (χ3v) is 4.75. The van der Waals surface area contributed by atoms with Gasteiger partial charge in [0.05, 0.1) is 6.54 Å². The van der Waals surface area contributed by atoms with E-state index in [1.54, 1.807) is 0 Å². The number of hydrogen-bond donors (Lipinski definition) is 2. The van der Waals surface area contributed by atoms with Gasteiger partial charge in [0.15, 0.2) is 5.96 Å². The minimum Gasteiger partial charge on any atom is -0.382 e. The van der Waals surface area contributed by atoms with E-state index in [0.717, 1.165) is 51.8 Å². The molecule has 136 valence electrons. The van der Waals surface area contributed by atoms with E-state index in [0.29, 0.717) is 5.41 Å². The summed E-state index contributed by atoms with van der Waals surface area (Å²) in [6, 6.07) is 1.95. The Hall–Kier alpha value is -1.56. The Balaban J connectivity index is 1.84. The standard InChI is InChI=1S/C18H33N5O/c1-3-19-17(20-12-14-23-13-7-11-22-23)21-16-18(8-5-6-9-18)10-15-24-4-2/h7,11,13H,3-6,8-10,12,14-16H2,1-2H3,(H2,19,20,21). The number of aromatic nitrogens is 2. The van der Waals surface area contributed by atoms with E-state index in [1.807, 2.05) is 23.1 Å². The van der Waals surface area contributed by atoms with E-state index >= 15 is 0 Å². The molecular weight excluding hydrogens is 302 g/mol. The highest BCUT2D eigenvalue weighted by atomic mass is 16.5. The average molecular weight is 335 g/mol. The number of ether oxygens (including phenoxy) is 1. The Bertz CT molecular complexity index is 466. The van der Waals surface area contributed by atoms with Gasteiger partial charge in [-0.15, -0.1) is 0 Å². The molecule has 2 N–H and O–H groups in total. The van der Waals surface area contributed by atoms with E-state index in [1.165, 1.54) is 25.7 Å². The van der Waals surface area contributed by atoms with Crippen LogP contribution in [0.4, 0.5) is 0 Å². The number of rotatable bonds is 10. The third-order valence-electron chi connectivity index (χ3n) is 4.75. The number of aliphatic imine (C=N–C) groups is 1. The van der Waals surface area contributed by atoms with Gasteiger partial charge in [-0.25, -0.2) is 0 Å². The molecule has 0 unspecified atom stereocenters. The van der Waals surface area contributed by atoms with Crippen LogP contribution in [0.1, 0.15) is 46.0 Å². The van der Waals surface area contributed by atoms with Crippen LogP contribution in [-0.2, 0) is 11.3 Å². The molecule has 1 heterocycles. The summed E-state index contributed by atoms with van der Waals surface area (Å²) in [6.07, 6.45) is 10.1. The topological polar surface area (TPSA) is 63.5 Å². The van der Waals surface area contributed by atoms with Crippen molar-refractivity contribution in [2.45, 2.75) is 52.5 Å². The fourth-order valence-corrected chi connectivity index (χ4v) is 3.36. The van der Waals surface area contributed by atoms with Crippen molar-refractivity contribution >= 4 is 5.96 Å². The molecule has 0 radical (unpaired) electrons. The maximum Gasteiger partial charge on any atom is 0.191 e. The fraction of sp³-hybridized carbons (Fsp3) is 0.778. The molecule has 0 aliphatic heterocycles. The van der Waals surface area contributed by atoms with Crippen molar-refractivity contribution in [1.29, 1.82) is 0 Å². The van der Waals surface area contributed by atoms with Crippen LogP contribution in [0.2, 0.25) is 0 Å². The predicted octanol–water partition coefficient (Wildman–Crippen LogP) is 2.43. The molecule has 6 heteroatoms. The fourth-order valence-electron chi connectivity index (χ4n) is 3.36. The Labute approximate surface area is 146 Å². The van der Waals surface area contributed by atoms with Crippen LogP contribution in [0.3, 0.4) is 0 Å². The SMILES string of the molecule is CCNC(=NCC1(CCOCC)CCCC1)NCCn1cccn1. The first-order chi connectivity index (χ1) is 11.8. The second-order valence-corrected chi connectivity index (χ2v) is 6.55. The van der Waals surface area contributed by atoms with E-state index in [2.05, 4.69) is 29.6 Å². The Morgan fingerprint density at radius 1 is 1.29 bits per heavy atom. The normalized spacial score (nSPS) is 17.2. The molecule has 1 aliphatic rings. The van der Waals surface area contributed by atoms with Crippen LogP contribution in [0.15, 0.2) is 23.5 Å². The van der Waals surface area contributed by atoms with Gasteiger partial charge in [0.2, 0.25) is 0 Å². The van der Waals surface area contributed by atoms with E-state index in [9.17, 15) is 0 Å². The summed E-state index contributed by atoms with van der Waals surface area (Å²) in [7, 11) is 0. The minimum absolute atomic E-state index is 0.333. The number of nitrogens with one attached hydrogen (secondary N) is 2. The van der Waals surface area contributed by atoms with Crippen molar-refractivity contribution in [3.05, 3.63) is 18.5 Å². The molecule has 0 atom stereocenters. The molecule has 24 heavy (non-hydrogen) atoms. The van der Waals surface area contributed by atoms with Gasteiger partial charge >= 0.3 is 0 Å². The zero-order valence-corrected chi connectivity index (χ0v) is 15.3. The zero-order chi connectivity index (χ0) is 17.1. The molecule has 0 bridgehead atoms. The molecule has 1 fully saturated rings. The van der Waals surface area contributed by atoms with Crippen LogP contribution >= 0.6 is 0 Å². The summed E-state index contributed by atoms with van der Waals surface area (Å²) < 4.78 is 7.52. The Morgan fingerprint density at radius 3 is 2.79 bits per heavy atom. The highest BCUT2D eigenvalue weighted by Crippen LogP contribution is 2.41. The molecule has 0 spiro atoms. The molecule has 2 rings (SSSR count). The Kier molecular flexibility index (Phi) is 8.08. The van der Waals surface area contributed by atoms with Crippen LogP contribution in [-0.4, -0.2) is 48.6 Å². The summed E-state index contributed by atoms with van der Waals surface area (Å²) >= 11 is 0. The van der Waals surface area contributed by atoms with Crippen molar-refractivity contribution in [2.75, 3.05) is 32.8 Å². The summed E-state index contributed by atoms with van der Waals surface area (Å²) in [6.45, 7) is 9.24. The lowest BCUT2D eigenvalue weighted by molar-refractivity contribution is 0.107. The largest absolute Gasteiger partial charge is 0.382 e. The van der Waals surface area contributed by atoms with Gasteiger partial charge in [-0.3, -0.25) is 9.67 Å². The van der Waals surface area contributed by atoms with Gasteiger partial charge in [-0.1, -0.05) is 12.8 Å². The molecule has 1 aromatic rings. The first kappa shape index (κ1) is 18.8. The lowest BCUT2D eigenvalue weighted by Crippen LogP contribution is -2.40. The van der Waals surface area contributed by atoms with Crippen LogP contribution in [0, 0.1) is 5.41 Å². The van der Waals surface area contributed by atoms with E-state index in [4.69, 9.17) is 9.73 Å². The van der Waals surface area contributed by atoms with Crippen LogP contribution in [0.25, 0.3) is 0 Å². The highest BCUT2D eigenvalue weighted by molar-refractivity contribution is 5.79. The maximum absolute atomic E-state index is 5.59. The molecule has 0 amide bonds.